The molecule has 1 atom stereocenters. The summed E-state index contributed by atoms with van der Waals surface area (Å²) in [5, 5.41) is 0. The van der Waals surface area contributed by atoms with Crippen LogP contribution in [0.15, 0.2) is 48.5 Å². The molecule has 1 unspecified atom stereocenters. The Balaban J connectivity index is 2.26. The van der Waals surface area contributed by atoms with Gasteiger partial charge in [-0.05, 0) is 56.5 Å². The molecular weight excluding hydrogens is 244 g/mol. The summed E-state index contributed by atoms with van der Waals surface area (Å²) in [5.74, 6) is 0. The Labute approximate surface area is 122 Å². The van der Waals surface area contributed by atoms with E-state index in [9.17, 15) is 0 Å². The average Bonchev–Trinajstić information content (AvgIpc) is 2.43. The average molecular weight is 268 g/mol. The lowest BCUT2D eigenvalue weighted by atomic mass is 10.1. The Kier molecular flexibility index (Phi) is 4.80. The second-order valence-electron chi connectivity index (χ2n) is 5.38. The predicted molar refractivity (Wildman–Crippen MR) is 87.7 cm³/mol. The van der Waals surface area contributed by atoms with E-state index in [0.29, 0.717) is 0 Å². The van der Waals surface area contributed by atoms with Crippen LogP contribution >= 0.6 is 0 Å². The maximum atomic E-state index is 5.85. The van der Waals surface area contributed by atoms with Gasteiger partial charge in [0.2, 0.25) is 0 Å². The monoisotopic (exact) mass is 268 g/mol. The van der Waals surface area contributed by atoms with Crippen molar-refractivity contribution in [3.63, 3.8) is 0 Å². The van der Waals surface area contributed by atoms with Crippen LogP contribution in [0.3, 0.4) is 0 Å². The zero-order chi connectivity index (χ0) is 14.5. The predicted octanol–water partition coefficient (Wildman–Crippen LogP) is 4.04. The standard InChI is InChI=1S/C18H24N2/c1-4-20(18-8-6-5-7-14(18)2)17-11-9-16(10-12-17)13-15(3)19/h5-12,15H,4,13,19H2,1-3H3. The molecule has 0 amide bonds. The molecule has 0 saturated heterocycles. The number of para-hydroxylation sites is 1. The second-order valence-corrected chi connectivity index (χ2v) is 5.38. The molecule has 0 aliphatic carbocycles. The van der Waals surface area contributed by atoms with Crippen LogP contribution in [-0.2, 0) is 6.42 Å². The lowest BCUT2D eigenvalue weighted by Gasteiger charge is -2.25. The maximum absolute atomic E-state index is 5.85. The molecule has 0 saturated carbocycles. The fraction of sp³-hybridized carbons (Fsp3) is 0.333. The SMILES string of the molecule is CCN(c1ccc(CC(C)N)cc1)c1ccccc1C. The fourth-order valence-corrected chi connectivity index (χ4v) is 2.54. The van der Waals surface area contributed by atoms with Crippen LogP contribution in [0.25, 0.3) is 0 Å². The van der Waals surface area contributed by atoms with Crippen molar-refractivity contribution in [2.24, 2.45) is 5.73 Å². The molecule has 0 heterocycles. The molecule has 0 aliphatic rings. The first-order valence-electron chi connectivity index (χ1n) is 7.29. The van der Waals surface area contributed by atoms with Gasteiger partial charge in [-0.15, -0.1) is 0 Å². The first-order valence-corrected chi connectivity index (χ1v) is 7.29. The molecule has 0 radical (unpaired) electrons. The number of rotatable bonds is 5. The molecule has 2 rings (SSSR count). The van der Waals surface area contributed by atoms with E-state index in [0.717, 1.165) is 13.0 Å². The van der Waals surface area contributed by atoms with Gasteiger partial charge in [0.25, 0.3) is 0 Å². The van der Waals surface area contributed by atoms with Crippen molar-refractivity contribution < 1.29 is 0 Å². The summed E-state index contributed by atoms with van der Waals surface area (Å²) in [7, 11) is 0. The minimum absolute atomic E-state index is 0.208. The van der Waals surface area contributed by atoms with Crippen molar-refractivity contribution in [1.29, 1.82) is 0 Å². The lowest BCUT2D eigenvalue weighted by molar-refractivity contribution is 0.738. The Morgan fingerprint density at radius 3 is 2.25 bits per heavy atom. The molecule has 2 aromatic rings. The van der Waals surface area contributed by atoms with Crippen molar-refractivity contribution in [1.82, 2.24) is 0 Å². The number of aryl methyl sites for hydroxylation is 1. The number of hydrogen-bond donors (Lipinski definition) is 1. The van der Waals surface area contributed by atoms with Crippen LogP contribution in [0.4, 0.5) is 11.4 Å². The van der Waals surface area contributed by atoms with Crippen LogP contribution in [0.1, 0.15) is 25.0 Å². The highest BCUT2D eigenvalue weighted by atomic mass is 15.1. The summed E-state index contributed by atoms with van der Waals surface area (Å²) in [5.41, 5.74) is 10.9. The van der Waals surface area contributed by atoms with E-state index in [4.69, 9.17) is 5.73 Å². The summed E-state index contributed by atoms with van der Waals surface area (Å²) in [6, 6.07) is 17.4. The number of anilines is 2. The quantitative estimate of drug-likeness (QED) is 0.886. The third-order valence-electron chi connectivity index (χ3n) is 3.53. The van der Waals surface area contributed by atoms with E-state index >= 15 is 0 Å². The van der Waals surface area contributed by atoms with Crippen molar-refractivity contribution in [3.05, 3.63) is 59.7 Å². The van der Waals surface area contributed by atoms with E-state index in [1.807, 2.05) is 6.92 Å². The molecule has 2 N–H and O–H groups in total. The molecule has 0 bridgehead atoms. The fourth-order valence-electron chi connectivity index (χ4n) is 2.54. The third kappa shape index (κ3) is 3.40. The first-order chi connectivity index (χ1) is 9.61. The number of nitrogens with zero attached hydrogens (tertiary/aromatic N) is 1. The molecule has 2 heteroatoms. The molecule has 0 fully saturated rings. The van der Waals surface area contributed by atoms with Crippen molar-refractivity contribution in [2.45, 2.75) is 33.2 Å². The van der Waals surface area contributed by atoms with Gasteiger partial charge in [-0.25, -0.2) is 0 Å². The molecule has 0 aliphatic heterocycles. The third-order valence-corrected chi connectivity index (χ3v) is 3.53. The van der Waals surface area contributed by atoms with Gasteiger partial charge < -0.3 is 10.6 Å². The zero-order valence-electron chi connectivity index (χ0n) is 12.6. The van der Waals surface area contributed by atoms with Crippen molar-refractivity contribution >= 4 is 11.4 Å². The van der Waals surface area contributed by atoms with Gasteiger partial charge in [-0.3, -0.25) is 0 Å². The smallest absolute Gasteiger partial charge is 0.0440 e. The lowest BCUT2D eigenvalue weighted by Crippen LogP contribution is -2.18. The largest absolute Gasteiger partial charge is 0.342 e. The molecular formula is C18H24N2. The number of nitrogens with two attached hydrogens (primary N) is 1. The van der Waals surface area contributed by atoms with Crippen LogP contribution in [-0.4, -0.2) is 12.6 Å². The van der Waals surface area contributed by atoms with Crippen molar-refractivity contribution in [2.75, 3.05) is 11.4 Å². The van der Waals surface area contributed by atoms with Crippen LogP contribution in [0.5, 0.6) is 0 Å². The zero-order valence-corrected chi connectivity index (χ0v) is 12.6. The van der Waals surface area contributed by atoms with E-state index in [-0.39, 0.29) is 6.04 Å². The van der Waals surface area contributed by atoms with Gasteiger partial charge in [-0.1, -0.05) is 30.3 Å². The van der Waals surface area contributed by atoms with E-state index < -0.39 is 0 Å². The minimum Gasteiger partial charge on any atom is -0.342 e. The molecule has 0 aromatic heterocycles. The van der Waals surface area contributed by atoms with Crippen LogP contribution < -0.4 is 10.6 Å². The molecule has 0 spiro atoms. The highest BCUT2D eigenvalue weighted by Crippen LogP contribution is 2.28. The van der Waals surface area contributed by atoms with Gasteiger partial charge in [0.05, 0.1) is 0 Å². The number of benzene rings is 2. The van der Waals surface area contributed by atoms with E-state index in [2.05, 4.69) is 67.3 Å². The van der Waals surface area contributed by atoms with Crippen LogP contribution in [0, 0.1) is 6.92 Å². The molecule has 2 aromatic carbocycles. The molecule has 20 heavy (non-hydrogen) atoms. The van der Waals surface area contributed by atoms with E-state index in [1.165, 1.54) is 22.5 Å². The maximum Gasteiger partial charge on any atom is 0.0440 e. The van der Waals surface area contributed by atoms with Gasteiger partial charge >= 0.3 is 0 Å². The molecule has 106 valence electrons. The highest BCUT2D eigenvalue weighted by molar-refractivity contribution is 5.66. The van der Waals surface area contributed by atoms with Crippen molar-refractivity contribution in [3.8, 4) is 0 Å². The van der Waals surface area contributed by atoms with Crippen LogP contribution in [0.2, 0.25) is 0 Å². The summed E-state index contributed by atoms with van der Waals surface area (Å²) in [6.07, 6.45) is 0.927. The Bertz CT molecular complexity index is 544. The van der Waals surface area contributed by atoms with Gasteiger partial charge in [-0.2, -0.15) is 0 Å². The summed E-state index contributed by atoms with van der Waals surface area (Å²) in [6.45, 7) is 7.34. The summed E-state index contributed by atoms with van der Waals surface area (Å²) in [4.78, 5) is 2.34. The Morgan fingerprint density at radius 2 is 1.70 bits per heavy atom. The van der Waals surface area contributed by atoms with Gasteiger partial charge in [0.15, 0.2) is 0 Å². The number of hydrogen-bond acceptors (Lipinski definition) is 2. The second kappa shape index (κ2) is 6.58. The summed E-state index contributed by atoms with van der Waals surface area (Å²) >= 11 is 0. The van der Waals surface area contributed by atoms with Gasteiger partial charge in [0.1, 0.15) is 0 Å². The minimum atomic E-state index is 0.208. The summed E-state index contributed by atoms with van der Waals surface area (Å²) < 4.78 is 0. The first kappa shape index (κ1) is 14.6. The Morgan fingerprint density at radius 1 is 1.05 bits per heavy atom. The van der Waals surface area contributed by atoms with Gasteiger partial charge in [0, 0.05) is 24.0 Å². The topological polar surface area (TPSA) is 29.3 Å². The van der Waals surface area contributed by atoms with E-state index in [1.54, 1.807) is 0 Å². The molecule has 2 nitrogen and oxygen atoms in total. The highest BCUT2D eigenvalue weighted by Gasteiger charge is 2.09. The Hall–Kier alpha value is -1.80. The normalized spacial score (nSPS) is 12.2.